The van der Waals surface area contributed by atoms with Crippen LogP contribution in [-0.4, -0.2) is 47.4 Å². The highest BCUT2D eigenvalue weighted by atomic mass is 16.5. The number of allylic oxidation sites excluding steroid dienone is 2. The van der Waals surface area contributed by atoms with E-state index < -0.39 is 12.1 Å². The lowest BCUT2D eigenvalue weighted by Crippen LogP contribution is -2.45. The number of amides is 1. The van der Waals surface area contributed by atoms with Crippen molar-refractivity contribution in [2.45, 2.75) is 398 Å². The van der Waals surface area contributed by atoms with Crippen LogP contribution in [0.5, 0.6) is 0 Å². The van der Waals surface area contributed by atoms with Crippen molar-refractivity contribution >= 4 is 11.9 Å². The SMILES string of the molecule is CCCCCCCCCCCCCCCCCCCCCCCC(O)C(CO)NC(=O)CCCCCCCCC/C=C\CCCCCCCCCCOC(=O)CCCCCCCCCCCCCCCCCCC. The molecule has 74 heavy (non-hydrogen) atoms. The topological polar surface area (TPSA) is 95.9 Å². The molecule has 1 amide bonds. The van der Waals surface area contributed by atoms with Crippen LogP contribution >= 0.6 is 0 Å². The largest absolute Gasteiger partial charge is 0.466 e. The van der Waals surface area contributed by atoms with Crippen LogP contribution in [0.15, 0.2) is 12.2 Å². The Morgan fingerprint density at radius 1 is 0.365 bits per heavy atom. The molecule has 3 N–H and O–H groups in total. The smallest absolute Gasteiger partial charge is 0.305 e. The van der Waals surface area contributed by atoms with Crippen molar-refractivity contribution in [1.29, 1.82) is 0 Å². The Kier molecular flexibility index (Phi) is 62.9. The van der Waals surface area contributed by atoms with Gasteiger partial charge in [0.15, 0.2) is 0 Å². The lowest BCUT2D eigenvalue weighted by Gasteiger charge is -2.22. The van der Waals surface area contributed by atoms with Gasteiger partial charge in [0.1, 0.15) is 0 Å². The van der Waals surface area contributed by atoms with Gasteiger partial charge in [-0.1, -0.05) is 334 Å². The van der Waals surface area contributed by atoms with E-state index in [-0.39, 0.29) is 18.5 Å². The number of esters is 1. The average Bonchev–Trinajstić information content (AvgIpc) is 3.40. The van der Waals surface area contributed by atoms with Gasteiger partial charge in [-0.2, -0.15) is 0 Å². The number of hydrogen-bond donors (Lipinski definition) is 3. The molecule has 0 saturated heterocycles. The van der Waals surface area contributed by atoms with E-state index in [1.54, 1.807) is 0 Å². The van der Waals surface area contributed by atoms with Gasteiger partial charge in [-0.3, -0.25) is 9.59 Å². The first kappa shape index (κ1) is 72.6. The van der Waals surface area contributed by atoms with Gasteiger partial charge in [0, 0.05) is 12.8 Å². The fraction of sp³-hybridized carbons (Fsp3) is 0.941. The minimum absolute atomic E-state index is 0.00915. The van der Waals surface area contributed by atoms with Crippen LogP contribution in [0.2, 0.25) is 0 Å². The Hall–Kier alpha value is -1.40. The van der Waals surface area contributed by atoms with E-state index in [1.807, 2.05) is 0 Å². The molecule has 0 aromatic heterocycles. The van der Waals surface area contributed by atoms with Crippen LogP contribution in [-0.2, 0) is 14.3 Å². The summed E-state index contributed by atoms with van der Waals surface area (Å²) in [6.07, 6.45) is 78.1. The Balaban J connectivity index is 3.41. The quantitative estimate of drug-likeness (QED) is 0.0320. The zero-order chi connectivity index (χ0) is 53.6. The summed E-state index contributed by atoms with van der Waals surface area (Å²) in [5.74, 6) is -0.0309. The third kappa shape index (κ3) is 59.8. The van der Waals surface area contributed by atoms with Crippen molar-refractivity contribution in [3.63, 3.8) is 0 Å². The summed E-state index contributed by atoms with van der Waals surface area (Å²) >= 11 is 0. The number of ether oxygens (including phenoxy) is 1. The van der Waals surface area contributed by atoms with E-state index in [4.69, 9.17) is 4.74 Å². The van der Waals surface area contributed by atoms with Crippen molar-refractivity contribution in [3.8, 4) is 0 Å². The molecular weight excluding hydrogens is 911 g/mol. The number of carbonyl (C=O) groups excluding carboxylic acids is 2. The molecule has 0 fully saturated rings. The fourth-order valence-electron chi connectivity index (χ4n) is 10.9. The van der Waals surface area contributed by atoms with E-state index in [2.05, 4.69) is 31.3 Å². The molecule has 0 saturated carbocycles. The highest BCUT2D eigenvalue weighted by Crippen LogP contribution is 2.19. The minimum atomic E-state index is -0.671. The molecule has 0 radical (unpaired) electrons. The molecule has 6 nitrogen and oxygen atoms in total. The van der Waals surface area contributed by atoms with Gasteiger partial charge >= 0.3 is 5.97 Å². The molecule has 2 unspecified atom stereocenters. The van der Waals surface area contributed by atoms with Gasteiger partial charge in [0.05, 0.1) is 25.4 Å². The third-order valence-corrected chi connectivity index (χ3v) is 16.1. The normalized spacial score (nSPS) is 12.5. The van der Waals surface area contributed by atoms with Crippen LogP contribution in [0, 0.1) is 0 Å². The molecule has 0 aliphatic rings. The van der Waals surface area contributed by atoms with E-state index in [9.17, 15) is 19.8 Å². The maximum absolute atomic E-state index is 12.5. The highest BCUT2D eigenvalue weighted by molar-refractivity contribution is 5.76. The molecule has 0 heterocycles. The van der Waals surface area contributed by atoms with Gasteiger partial charge < -0.3 is 20.3 Å². The van der Waals surface area contributed by atoms with Gasteiger partial charge in [-0.25, -0.2) is 0 Å². The molecule has 0 bridgehead atoms. The Morgan fingerprint density at radius 2 is 0.635 bits per heavy atom. The average molecular weight is 1040 g/mol. The van der Waals surface area contributed by atoms with E-state index >= 15 is 0 Å². The standard InChI is InChI=1S/C68H133NO5/c1-3-5-7-9-11-13-15-17-19-21-22-23-25-29-32-36-40-44-48-52-56-60-66(71)65(64-70)69-67(72)61-57-53-49-45-41-37-33-30-26-24-27-31-35-39-43-47-51-55-59-63-74-68(73)62-58-54-50-46-42-38-34-28-20-18-16-14-12-10-8-6-4-2/h24,26,65-66,70-71H,3-23,25,27-64H2,1-2H3,(H,69,72)/b26-24-. The number of rotatable bonds is 64. The van der Waals surface area contributed by atoms with Crippen LogP contribution in [0.4, 0.5) is 0 Å². The van der Waals surface area contributed by atoms with Crippen molar-refractivity contribution in [2.24, 2.45) is 0 Å². The van der Waals surface area contributed by atoms with Gasteiger partial charge in [0.2, 0.25) is 5.91 Å². The first-order valence-electron chi connectivity index (χ1n) is 33.9. The maximum Gasteiger partial charge on any atom is 0.305 e. The van der Waals surface area contributed by atoms with Crippen molar-refractivity contribution in [3.05, 3.63) is 12.2 Å². The lowest BCUT2D eigenvalue weighted by atomic mass is 10.0. The molecule has 0 aliphatic heterocycles. The van der Waals surface area contributed by atoms with Crippen LogP contribution in [0.25, 0.3) is 0 Å². The lowest BCUT2D eigenvalue weighted by molar-refractivity contribution is -0.143. The zero-order valence-electron chi connectivity index (χ0n) is 50.4. The highest BCUT2D eigenvalue weighted by Gasteiger charge is 2.20. The van der Waals surface area contributed by atoms with Crippen LogP contribution < -0.4 is 5.32 Å². The summed E-state index contributed by atoms with van der Waals surface area (Å²) in [5.41, 5.74) is 0. The fourth-order valence-corrected chi connectivity index (χ4v) is 10.9. The Bertz CT molecular complexity index is 1110. The second-order valence-corrected chi connectivity index (χ2v) is 23.5. The summed E-state index contributed by atoms with van der Waals surface area (Å²) in [4.78, 5) is 24.6. The Morgan fingerprint density at radius 3 is 0.959 bits per heavy atom. The number of aliphatic hydroxyl groups is 2. The summed E-state index contributed by atoms with van der Waals surface area (Å²) in [6, 6.07) is -0.549. The molecule has 0 aliphatic carbocycles. The number of carbonyl (C=O) groups is 2. The molecule has 0 spiro atoms. The van der Waals surface area contributed by atoms with Gasteiger partial charge in [-0.15, -0.1) is 0 Å². The summed E-state index contributed by atoms with van der Waals surface area (Å²) in [7, 11) is 0. The molecule has 2 atom stereocenters. The molecule has 440 valence electrons. The van der Waals surface area contributed by atoms with E-state index in [0.717, 1.165) is 38.5 Å². The van der Waals surface area contributed by atoms with E-state index in [0.29, 0.717) is 25.9 Å². The first-order chi connectivity index (χ1) is 36.5. The molecular formula is C68H133NO5. The Labute approximate surface area is 463 Å². The number of aliphatic hydroxyl groups excluding tert-OH is 2. The summed E-state index contributed by atoms with van der Waals surface area (Å²) in [6.45, 7) is 4.98. The van der Waals surface area contributed by atoms with Gasteiger partial charge in [0.25, 0.3) is 0 Å². The van der Waals surface area contributed by atoms with Crippen molar-refractivity contribution in [1.82, 2.24) is 5.32 Å². The minimum Gasteiger partial charge on any atom is -0.466 e. The molecule has 6 heteroatoms. The zero-order valence-corrected chi connectivity index (χ0v) is 50.4. The number of unbranched alkanes of at least 4 members (excludes halogenated alkanes) is 51. The predicted octanol–water partition coefficient (Wildman–Crippen LogP) is 21.6. The van der Waals surface area contributed by atoms with Gasteiger partial charge in [-0.05, 0) is 51.4 Å². The summed E-state index contributed by atoms with van der Waals surface area (Å²) < 4.78 is 5.50. The van der Waals surface area contributed by atoms with E-state index in [1.165, 1.54) is 315 Å². The molecule has 0 rings (SSSR count). The maximum atomic E-state index is 12.5. The van der Waals surface area contributed by atoms with Crippen molar-refractivity contribution < 1.29 is 24.5 Å². The summed E-state index contributed by atoms with van der Waals surface area (Å²) in [5, 5.41) is 23.4. The van der Waals surface area contributed by atoms with Crippen LogP contribution in [0.1, 0.15) is 386 Å². The second-order valence-electron chi connectivity index (χ2n) is 23.5. The first-order valence-corrected chi connectivity index (χ1v) is 33.9. The number of nitrogens with one attached hydrogen (secondary N) is 1. The van der Waals surface area contributed by atoms with Crippen molar-refractivity contribution in [2.75, 3.05) is 13.2 Å². The third-order valence-electron chi connectivity index (χ3n) is 16.1. The second kappa shape index (κ2) is 64.1. The molecule has 0 aromatic carbocycles. The van der Waals surface area contributed by atoms with Crippen LogP contribution in [0.3, 0.4) is 0 Å². The number of hydrogen-bond acceptors (Lipinski definition) is 5. The predicted molar refractivity (Wildman–Crippen MR) is 324 cm³/mol. The monoisotopic (exact) mass is 1040 g/mol. The molecule has 0 aromatic rings.